The highest BCUT2D eigenvalue weighted by Gasteiger charge is 2.48. The molecule has 3 fully saturated rings. The number of aromatic nitrogens is 2. The second-order valence-electron chi connectivity index (χ2n) is 7.03. The number of benzene rings is 1. The summed E-state index contributed by atoms with van der Waals surface area (Å²) in [6.07, 6.45) is 1.72. The van der Waals surface area contributed by atoms with Crippen LogP contribution in [0.3, 0.4) is 0 Å². The van der Waals surface area contributed by atoms with Crippen LogP contribution in [-0.4, -0.2) is 57.1 Å². The van der Waals surface area contributed by atoms with Crippen LogP contribution in [0, 0.1) is 0 Å². The molecule has 2 amide bonds. The van der Waals surface area contributed by atoms with Gasteiger partial charge in [0.1, 0.15) is 10.5 Å². The lowest BCUT2D eigenvalue weighted by Crippen LogP contribution is -2.70. The van der Waals surface area contributed by atoms with E-state index < -0.39 is 6.09 Å². The summed E-state index contributed by atoms with van der Waals surface area (Å²) in [5.41, 5.74) is 2.63. The van der Waals surface area contributed by atoms with E-state index in [2.05, 4.69) is 15.3 Å². The van der Waals surface area contributed by atoms with Gasteiger partial charge < -0.3 is 19.7 Å². The van der Waals surface area contributed by atoms with Crippen LogP contribution in [0.4, 0.5) is 16.5 Å². The van der Waals surface area contributed by atoms with Crippen molar-refractivity contribution in [2.75, 3.05) is 23.3 Å². The van der Waals surface area contributed by atoms with E-state index >= 15 is 0 Å². The van der Waals surface area contributed by atoms with Gasteiger partial charge >= 0.3 is 6.09 Å². The summed E-state index contributed by atoms with van der Waals surface area (Å²) in [5, 5.41) is 14.7. The van der Waals surface area contributed by atoms with Crippen molar-refractivity contribution in [3.05, 3.63) is 23.7 Å². The fraction of sp³-hybridized carbons (Fsp3) is 0.333. The van der Waals surface area contributed by atoms with Crippen LogP contribution < -0.4 is 10.2 Å². The SMILES string of the molecule is CC(=O)Nc1cc(-c2nccs2)c2oc(N3CC4CC(C3)N4C(=O)O)nc2c1. The molecule has 0 saturated carbocycles. The molecule has 10 heteroatoms. The lowest BCUT2D eigenvalue weighted by molar-refractivity contribution is -0.114. The van der Waals surface area contributed by atoms with Crippen LogP contribution in [0.5, 0.6) is 0 Å². The van der Waals surface area contributed by atoms with E-state index in [0.717, 1.165) is 17.0 Å². The molecule has 0 spiro atoms. The molecule has 6 rings (SSSR count). The fourth-order valence-corrected chi connectivity index (χ4v) is 4.68. The second-order valence-corrected chi connectivity index (χ2v) is 7.92. The summed E-state index contributed by atoms with van der Waals surface area (Å²) < 4.78 is 6.09. The Balaban J connectivity index is 1.53. The topological polar surface area (TPSA) is 112 Å². The average molecular weight is 399 g/mol. The Morgan fingerprint density at radius 3 is 2.75 bits per heavy atom. The first kappa shape index (κ1) is 17.0. The van der Waals surface area contributed by atoms with Crippen molar-refractivity contribution in [3.63, 3.8) is 0 Å². The maximum absolute atomic E-state index is 11.5. The van der Waals surface area contributed by atoms with Crippen LogP contribution in [0.1, 0.15) is 13.3 Å². The Hall–Kier alpha value is -3.14. The van der Waals surface area contributed by atoms with Gasteiger partial charge in [-0.15, -0.1) is 11.3 Å². The number of hydrogen-bond acceptors (Lipinski definition) is 7. The number of oxazole rings is 1. The highest BCUT2D eigenvalue weighted by atomic mass is 32.1. The Morgan fingerprint density at radius 1 is 1.32 bits per heavy atom. The molecule has 3 aromatic rings. The standard InChI is InChI=1S/C18H17N5O4S/c1-9(24)20-10-4-13(16-19-2-3-28-16)15-14(5-10)21-17(27-15)22-7-11-6-12(8-22)23(11)18(25)26/h2-5,11-12H,6-8H2,1H3,(H,20,24)(H,25,26). The van der Waals surface area contributed by atoms with Crippen molar-refractivity contribution in [2.24, 2.45) is 0 Å². The molecular formula is C18H17N5O4S. The van der Waals surface area contributed by atoms with E-state index in [1.54, 1.807) is 12.3 Å². The second kappa shape index (κ2) is 6.20. The van der Waals surface area contributed by atoms with Crippen LogP contribution >= 0.6 is 11.3 Å². The number of hydrogen-bond donors (Lipinski definition) is 2. The van der Waals surface area contributed by atoms with E-state index in [4.69, 9.17) is 4.42 Å². The zero-order valence-electron chi connectivity index (χ0n) is 15.0. The monoisotopic (exact) mass is 399 g/mol. The van der Waals surface area contributed by atoms with E-state index in [1.807, 2.05) is 16.3 Å². The van der Waals surface area contributed by atoms with Crippen molar-refractivity contribution in [1.29, 1.82) is 0 Å². The third kappa shape index (κ3) is 2.68. The van der Waals surface area contributed by atoms with Gasteiger partial charge in [-0.2, -0.15) is 4.98 Å². The molecular weight excluding hydrogens is 382 g/mol. The minimum absolute atomic E-state index is 0.0281. The predicted molar refractivity (Wildman–Crippen MR) is 104 cm³/mol. The van der Waals surface area contributed by atoms with Crippen LogP contribution in [0.25, 0.3) is 21.7 Å². The van der Waals surface area contributed by atoms with Crippen LogP contribution in [0.15, 0.2) is 28.1 Å². The number of nitrogens with one attached hydrogen (secondary N) is 1. The summed E-state index contributed by atoms with van der Waals surface area (Å²) in [6, 6.07) is 4.01. The number of amides is 2. The molecule has 2 aromatic heterocycles. The molecule has 3 saturated heterocycles. The molecule has 0 aliphatic carbocycles. The van der Waals surface area contributed by atoms with E-state index in [0.29, 0.717) is 35.9 Å². The van der Waals surface area contributed by atoms with Crippen LogP contribution in [0.2, 0.25) is 0 Å². The molecule has 3 aliphatic heterocycles. The van der Waals surface area contributed by atoms with Gasteiger partial charge in [0.2, 0.25) is 5.91 Å². The molecule has 2 atom stereocenters. The number of carbonyl (C=O) groups excluding carboxylic acids is 1. The fourth-order valence-electron chi connectivity index (χ4n) is 4.03. The zero-order chi connectivity index (χ0) is 19.4. The molecule has 0 radical (unpaired) electrons. The first-order valence-electron chi connectivity index (χ1n) is 8.88. The molecule has 2 bridgehead atoms. The van der Waals surface area contributed by atoms with Crippen molar-refractivity contribution < 1.29 is 19.1 Å². The summed E-state index contributed by atoms with van der Waals surface area (Å²) >= 11 is 1.48. The molecule has 2 unspecified atom stereocenters. The molecule has 3 aliphatic rings. The van der Waals surface area contributed by atoms with Gasteiger partial charge in [0.15, 0.2) is 5.58 Å². The highest BCUT2D eigenvalue weighted by molar-refractivity contribution is 7.13. The summed E-state index contributed by atoms with van der Waals surface area (Å²) in [5.74, 6) is -0.168. The molecule has 28 heavy (non-hydrogen) atoms. The maximum atomic E-state index is 11.5. The number of anilines is 2. The number of rotatable bonds is 3. The maximum Gasteiger partial charge on any atom is 0.407 e. The first-order chi connectivity index (χ1) is 13.5. The summed E-state index contributed by atoms with van der Waals surface area (Å²) in [7, 11) is 0. The third-order valence-corrected chi connectivity index (χ3v) is 5.95. The van der Waals surface area contributed by atoms with Gasteiger partial charge in [-0.25, -0.2) is 9.78 Å². The predicted octanol–water partition coefficient (Wildman–Crippen LogP) is 2.85. The summed E-state index contributed by atoms with van der Waals surface area (Å²) in [4.78, 5) is 35.3. The van der Waals surface area contributed by atoms with Gasteiger partial charge in [-0.05, 0) is 18.6 Å². The lowest BCUT2D eigenvalue weighted by Gasteiger charge is -2.54. The number of fused-ring (bicyclic) bond motifs is 3. The van der Waals surface area contributed by atoms with Crippen molar-refractivity contribution in [3.8, 4) is 10.6 Å². The number of thiazole rings is 1. The number of carbonyl (C=O) groups is 2. The van der Waals surface area contributed by atoms with Gasteiger partial charge in [0, 0.05) is 37.3 Å². The van der Waals surface area contributed by atoms with E-state index in [-0.39, 0.29) is 18.0 Å². The molecule has 144 valence electrons. The Labute approximate surface area is 163 Å². The minimum atomic E-state index is -0.871. The molecule has 5 heterocycles. The van der Waals surface area contributed by atoms with Gasteiger partial charge in [0.05, 0.1) is 17.6 Å². The van der Waals surface area contributed by atoms with Crippen molar-refractivity contribution in [2.45, 2.75) is 25.4 Å². The Kier molecular flexibility index (Phi) is 3.76. The average Bonchev–Trinajstić information content (AvgIpc) is 3.29. The van der Waals surface area contributed by atoms with Crippen LogP contribution in [-0.2, 0) is 4.79 Å². The number of carboxylic acid groups (broad SMARTS) is 1. The highest BCUT2D eigenvalue weighted by Crippen LogP contribution is 2.38. The lowest BCUT2D eigenvalue weighted by atomic mass is 9.88. The minimum Gasteiger partial charge on any atom is -0.465 e. The third-order valence-electron chi connectivity index (χ3n) is 5.15. The molecule has 2 N–H and O–H groups in total. The Morgan fingerprint density at radius 2 is 2.11 bits per heavy atom. The van der Waals surface area contributed by atoms with Gasteiger partial charge in [-0.1, -0.05) is 0 Å². The smallest absolute Gasteiger partial charge is 0.407 e. The quantitative estimate of drug-likeness (QED) is 0.696. The van der Waals surface area contributed by atoms with E-state index in [1.165, 1.54) is 23.2 Å². The van der Waals surface area contributed by atoms with E-state index in [9.17, 15) is 14.7 Å². The Bertz CT molecular complexity index is 1070. The molecule has 1 aromatic carbocycles. The normalized spacial score (nSPS) is 20.9. The molecule has 9 nitrogen and oxygen atoms in total. The van der Waals surface area contributed by atoms with Crippen molar-refractivity contribution >= 4 is 46.1 Å². The zero-order valence-corrected chi connectivity index (χ0v) is 15.8. The number of piperazine rings is 1. The van der Waals surface area contributed by atoms with Gasteiger partial charge in [0.25, 0.3) is 6.01 Å². The largest absolute Gasteiger partial charge is 0.465 e. The van der Waals surface area contributed by atoms with Crippen molar-refractivity contribution in [1.82, 2.24) is 14.9 Å². The summed E-state index contributed by atoms with van der Waals surface area (Å²) in [6.45, 7) is 2.57. The first-order valence-corrected chi connectivity index (χ1v) is 9.76. The number of nitrogens with zero attached hydrogens (tertiary/aromatic N) is 4. The number of piperidine rings is 1. The van der Waals surface area contributed by atoms with Gasteiger partial charge in [-0.3, -0.25) is 9.69 Å².